The first-order valence-corrected chi connectivity index (χ1v) is 9.25. The van der Waals surface area contributed by atoms with Crippen molar-refractivity contribution >= 4 is 17.5 Å². The van der Waals surface area contributed by atoms with Gasteiger partial charge in [-0.3, -0.25) is 9.59 Å². The van der Waals surface area contributed by atoms with Crippen LogP contribution in [0.5, 0.6) is 0 Å². The lowest BCUT2D eigenvalue weighted by molar-refractivity contribution is -0.176. The highest BCUT2D eigenvalue weighted by molar-refractivity contribution is 5.94. The smallest absolute Gasteiger partial charge is 0.341 e. The Hall–Kier alpha value is -1.53. The van der Waals surface area contributed by atoms with E-state index in [9.17, 15) is 19.5 Å². The van der Waals surface area contributed by atoms with Crippen LogP contribution < -0.4 is 0 Å². The van der Waals surface area contributed by atoms with Crippen LogP contribution in [0.25, 0.3) is 0 Å². The van der Waals surface area contributed by atoms with Crippen LogP contribution in [0.15, 0.2) is 11.6 Å². The van der Waals surface area contributed by atoms with Gasteiger partial charge >= 0.3 is 5.97 Å². The van der Waals surface area contributed by atoms with Gasteiger partial charge in [0.05, 0.1) is 6.10 Å². The third-order valence-corrected chi connectivity index (χ3v) is 5.76. The fourth-order valence-electron chi connectivity index (χ4n) is 3.30. The lowest BCUT2D eigenvalue weighted by atomic mass is 9.78. The summed E-state index contributed by atoms with van der Waals surface area (Å²) >= 11 is 0. The van der Waals surface area contributed by atoms with Gasteiger partial charge in [-0.05, 0) is 52.5 Å². The summed E-state index contributed by atoms with van der Waals surface area (Å²) in [4.78, 5) is 37.8. The van der Waals surface area contributed by atoms with Crippen LogP contribution in [0.4, 0.5) is 0 Å². The van der Waals surface area contributed by atoms with E-state index in [-0.39, 0.29) is 30.6 Å². The maximum atomic E-state index is 12.7. The zero-order valence-electron chi connectivity index (χ0n) is 16.5. The molecule has 5 atom stereocenters. The van der Waals surface area contributed by atoms with Gasteiger partial charge in [-0.1, -0.05) is 19.4 Å². The lowest BCUT2D eigenvalue weighted by Gasteiger charge is -2.35. The number of carbonyl (C=O) groups excluding carboxylic acids is 3. The van der Waals surface area contributed by atoms with Crippen molar-refractivity contribution in [3.63, 3.8) is 0 Å². The van der Waals surface area contributed by atoms with Crippen molar-refractivity contribution in [1.82, 2.24) is 0 Å². The van der Waals surface area contributed by atoms with Gasteiger partial charge in [0.1, 0.15) is 6.10 Å². The van der Waals surface area contributed by atoms with Crippen LogP contribution >= 0.6 is 0 Å². The maximum Gasteiger partial charge on any atom is 0.341 e. The number of rotatable bonds is 3. The van der Waals surface area contributed by atoms with Crippen molar-refractivity contribution < 1.29 is 29.0 Å². The summed E-state index contributed by atoms with van der Waals surface area (Å²) in [5.41, 5.74) is -2.09. The minimum atomic E-state index is -1.85. The van der Waals surface area contributed by atoms with E-state index in [4.69, 9.17) is 9.47 Å². The zero-order valence-corrected chi connectivity index (χ0v) is 16.5. The molecule has 0 radical (unpaired) electrons. The highest BCUT2D eigenvalue weighted by Crippen LogP contribution is 2.39. The first-order valence-electron chi connectivity index (χ1n) is 9.25. The van der Waals surface area contributed by atoms with E-state index in [0.29, 0.717) is 6.42 Å². The van der Waals surface area contributed by atoms with Crippen molar-refractivity contribution in [2.24, 2.45) is 11.8 Å². The normalized spacial score (nSPS) is 40.8. The summed E-state index contributed by atoms with van der Waals surface area (Å²) in [6, 6.07) is 0. The van der Waals surface area contributed by atoms with E-state index >= 15 is 0 Å². The van der Waals surface area contributed by atoms with E-state index in [1.165, 1.54) is 6.92 Å². The molecule has 0 aromatic carbocycles. The molecule has 1 aliphatic carbocycles. The Morgan fingerprint density at radius 1 is 1.31 bits per heavy atom. The number of aliphatic hydroxyl groups is 1. The second kappa shape index (κ2) is 7.24. The van der Waals surface area contributed by atoms with Crippen LogP contribution in [-0.4, -0.2) is 46.1 Å². The van der Waals surface area contributed by atoms with Crippen molar-refractivity contribution in [1.29, 1.82) is 0 Å². The Morgan fingerprint density at radius 2 is 1.88 bits per heavy atom. The van der Waals surface area contributed by atoms with Gasteiger partial charge in [0, 0.05) is 12.3 Å². The van der Waals surface area contributed by atoms with Gasteiger partial charge in [0.2, 0.25) is 0 Å². The standard InChI is InChI=1S/C20H30O6/c1-11(2)14-10-17(25-18(23)20(6)13(4)26-20)19(5,24)16(22)8-7-12(3)9-15(14)21/h9,11,13-14,17,24H,7-8,10H2,1-6H3/b12-9+/t13?,14-,17?,19-,20?/m1/s1. The van der Waals surface area contributed by atoms with E-state index in [0.717, 1.165) is 5.57 Å². The molecular weight excluding hydrogens is 336 g/mol. The molecule has 0 aromatic heterocycles. The third kappa shape index (κ3) is 4.07. The Morgan fingerprint density at radius 3 is 2.38 bits per heavy atom. The van der Waals surface area contributed by atoms with Gasteiger partial charge in [-0.2, -0.15) is 0 Å². The molecule has 0 spiro atoms. The van der Waals surface area contributed by atoms with Gasteiger partial charge in [0.15, 0.2) is 22.8 Å². The molecule has 1 heterocycles. The highest BCUT2D eigenvalue weighted by atomic mass is 16.7. The van der Waals surface area contributed by atoms with Gasteiger partial charge in [-0.25, -0.2) is 4.79 Å². The molecule has 1 saturated heterocycles. The number of ether oxygens (including phenoxy) is 2. The first kappa shape index (κ1) is 20.8. The molecule has 2 rings (SSSR count). The van der Waals surface area contributed by atoms with E-state index in [1.54, 1.807) is 19.9 Å². The molecule has 6 nitrogen and oxygen atoms in total. The lowest BCUT2D eigenvalue weighted by Crippen LogP contribution is -2.52. The maximum absolute atomic E-state index is 12.7. The number of Topliss-reactive ketones (excluding diaryl/α,β-unsaturated/α-hetero) is 1. The SMILES string of the molecule is C/C1=C\C(=O)[C@@H](C(C)C)CC(OC(=O)C2(C)OC2C)[C@](C)(O)C(=O)CC1. The number of hydrogen-bond donors (Lipinski definition) is 1. The fraction of sp³-hybridized carbons (Fsp3) is 0.750. The van der Waals surface area contributed by atoms with Crippen LogP contribution in [0.3, 0.4) is 0 Å². The Kier molecular flexibility index (Phi) is 5.78. The number of ketones is 2. The quantitative estimate of drug-likeness (QED) is 0.609. The third-order valence-electron chi connectivity index (χ3n) is 5.76. The number of hydrogen-bond acceptors (Lipinski definition) is 6. The number of carbonyl (C=O) groups is 3. The fourth-order valence-corrected chi connectivity index (χ4v) is 3.30. The summed E-state index contributed by atoms with van der Waals surface area (Å²) in [7, 11) is 0. The second-order valence-electron chi connectivity index (χ2n) is 8.31. The van der Waals surface area contributed by atoms with Crippen molar-refractivity contribution in [2.75, 3.05) is 0 Å². The Balaban J connectivity index is 2.35. The van der Waals surface area contributed by atoms with Crippen molar-refractivity contribution in [3.8, 4) is 0 Å². The summed E-state index contributed by atoms with van der Waals surface area (Å²) in [5, 5.41) is 10.9. The van der Waals surface area contributed by atoms with Crippen molar-refractivity contribution in [2.45, 2.75) is 84.2 Å². The molecule has 3 unspecified atom stereocenters. The minimum absolute atomic E-state index is 0.0234. The van der Waals surface area contributed by atoms with Gasteiger partial charge in [0.25, 0.3) is 0 Å². The minimum Gasteiger partial charge on any atom is -0.457 e. The van der Waals surface area contributed by atoms with Crippen molar-refractivity contribution in [3.05, 3.63) is 11.6 Å². The molecule has 0 bridgehead atoms. The zero-order chi connectivity index (χ0) is 19.9. The molecule has 1 N–H and O–H groups in total. The molecule has 1 fully saturated rings. The summed E-state index contributed by atoms with van der Waals surface area (Å²) in [5.74, 6) is -1.54. The molecule has 146 valence electrons. The molecule has 0 aromatic rings. The topological polar surface area (TPSA) is 93.2 Å². The van der Waals surface area contributed by atoms with E-state index in [2.05, 4.69) is 0 Å². The molecular formula is C20H30O6. The van der Waals surface area contributed by atoms with Gasteiger partial charge < -0.3 is 14.6 Å². The Bertz CT molecular complexity index is 632. The summed E-state index contributed by atoms with van der Waals surface area (Å²) in [6.45, 7) is 10.4. The largest absolute Gasteiger partial charge is 0.457 e. The molecule has 0 saturated carbocycles. The molecule has 2 aliphatic rings. The number of allylic oxidation sites excluding steroid dienone is 2. The average Bonchev–Trinajstić information content (AvgIpc) is 3.15. The van der Waals surface area contributed by atoms with E-state index in [1.807, 2.05) is 20.8 Å². The molecule has 6 heteroatoms. The summed E-state index contributed by atoms with van der Waals surface area (Å²) in [6.07, 6.45) is 0.777. The monoisotopic (exact) mass is 366 g/mol. The average molecular weight is 366 g/mol. The van der Waals surface area contributed by atoms with Crippen LogP contribution in [-0.2, 0) is 23.9 Å². The number of epoxide rings is 1. The summed E-state index contributed by atoms with van der Waals surface area (Å²) < 4.78 is 10.8. The molecule has 1 aliphatic heterocycles. The predicted octanol–water partition coefficient (Wildman–Crippen LogP) is 2.37. The molecule has 26 heavy (non-hydrogen) atoms. The molecule has 0 amide bonds. The van der Waals surface area contributed by atoms with E-state index < -0.39 is 35.0 Å². The van der Waals surface area contributed by atoms with Crippen LogP contribution in [0.2, 0.25) is 0 Å². The van der Waals surface area contributed by atoms with Crippen LogP contribution in [0.1, 0.15) is 60.8 Å². The second-order valence-corrected chi connectivity index (χ2v) is 8.31. The number of esters is 1. The highest BCUT2D eigenvalue weighted by Gasteiger charge is 2.58. The predicted molar refractivity (Wildman–Crippen MR) is 95.4 cm³/mol. The Labute approximate surface area is 154 Å². The first-order chi connectivity index (χ1) is 11.9. The van der Waals surface area contributed by atoms with Gasteiger partial charge in [-0.15, -0.1) is 0 Å². The van der Waals surface area contributed by atoms with Crippen LogP contribution in [0, 0.1) is 11.8 Å².